The number of pyridine rings is 1. The summed E-state index contributed by atoms with van der Waals surface area (Å²) in [7, 11) is 0. The van der Waals surface area contributed by atoms with Crippen molar-refractivity contribution in [2.24, 2.45) is 17.3 Å². The van der Waals surface area contributed by atoms with Crippen molar-refractivity contribution in [2.75, 3.05) is 19.8 Å². The lowest BCUT2D eigenvalue weighted by atomic mass is 9.89. The van der Waals surface area contributed by atoms with E-state index in [9.17, 15) is 19.2 Å². The van der Waals surface area contributed by atoms with Crippen molar-refractivity contribution in [1.29, 1.82) is 0 Å². The highest BCUT2D eigenvalue weighted by atomic mass is 16.5. The fourth-order valence-electron chi connectivity index (χ4n) is 6.14. The number of ether oxygens (including phenoxy) is 2. The number of benzene rings is 1. The number of hydrazine groups is 1. The van der Waals surface area contributed by atoms with E-state index < -0.39 is 41.5 Å². The van der Waals surface area contributed by atoms with Crippen molar-refractivity contribution >= 4 is 40.7 Å². The minimum Gasteiger partial charge on any atom is -0.455 e. The third-order valence-electron chi connectivity index (χ3n) is 9.22. The Bertz CT molecular complexity index is 1480. The van der Waals surface area contributed by atoms with Gasteiger partial charge in [-0.05, 0) is 82.4 Å². The summed E-state index contributed by atoms with van der Waals surface area (Å²) in [4.78, 5) is 59.6. The van der Waals surface area contributed by atoms with Crippen LogP contribution in [-0.2, 0) is 28.7 Å². The van der Waals surface area contributed by atoms with E-state index in [1.807, 2.05) is 56.3 Å². The van der Waals surface area contributed by atoms with Crippen LogP contribution in [0.15, 0.2) is 36.4 Å². The first-order valence-electron chi connectivity index (χ1n) is 16.5. The van der Waals surface area contributed by atoms with Gasteiger partial charge in [0.1, 0.15) is 24.2 Å². The van der Waals surface area contributed by atoms with Crippen LogP contribution in [0.4, 0.5) is 0 Å². The molecule has 4 heterocycles. The molecule has 2 fully saturated rings. The Morgan fingerprint density at radius 2 is 1.76 bits per heavy atom. The fraction of sp³-hybridized carbons (Fsp3) is 0.571. The largest absolute Gasteiger partial charge is 0.455 e. The molecule has 1 aromatic heterocycles. The molecule has 1 aromatic carbocycles. The molecule has 11 heteroatoms. The lowest BCUT2D eigenvalue weighted by Gasteiger charge is -2.37. The number of rotatable bonds is 3. The predicted molar refractivity (Wildman–Crippen MR) is 174 cm³/mol. The van der Waals surface area contributed by atoms with Crippen molar-refractivity contribution in [1.82, 2.24) is 26.1 Å². The van der Waals surface area contributed by atoms with E-state index in [4.69, 9.17) is 14.5 Å². The molecule has 0 radical (unpaired) electrons. The van der Waals surface area contributed by atoms with Crippen LogP contribution in [0.2, 0.25) is 0 Å². The monoisotopic (exact) mass is 633 g/mol. The Hall–Kier alpha value is -3.83. The summed E-state index contributed by atoms with van der Waals surface area (Å²) in [6, 6.07) is 7.19. The van der Waals surface area contributed by atoms with Gasteiger partial charge in [0.05, 0.1) is 16.6 Å². The predicted octanol–water partition coefficient (Wildman–Crippen LogP) is 3.83. The Morgan fingerprint density at radius 1 is 1.02 bits per heavy atom. The summed E-state index contributed by atoms with van der Waals surface area (Å²) >= 11 is 0. The van der Waals surface area contributed by atoms with Crippen molar-refractivity contribution in [3.8, 4) is 0 Å². The van der Waals surface area contributed by atoms with Crippen LogP contribution in [0.5, 0.6) is 0 Å². The number of carbonyl (C=O) groups excluding carboxylic acids is 4. The van der Waals surface area contributed by atoms with Gasteiger partial charge in [0, 0.05) is 25.1 Å². The van der Waals surface area contributed by atoms with Gasteiger partial charge >= 0.3 is 5.97 Å². The molecule has 3 amide bonds. The summed E-state index contributed by atoms with van der Waals surface area (Å²) in [5.41, 5.74) is 4.34. The van der Waals surface area contributed by atoms with E-state index >= 15 is 0 Å². The topological polar surface area (TPSA) is 139 Å². The first-order valence-corrected chi connectivity index (χ1v) is 16.5. The molecular weight excluding hydrogens is 586 g/mol. The number of nitrogens with zero attached hydrogens (tertiary/aromatic N) is 2. The average Bonchev–Trinajstić information content (AvgIpc) is 3.05. The van der Waals surface area contributed by atoms with Gasteiger partial charge in [0.15, 0.2) is 0 Å². The molecule has 3 aliphatic heterocycles. The smallest absolute Gasteiger partial charge is 0.325 e. The maximum absolute atomic E-state index is 14.0. The summed E-state index contributed by atoms with van der Waals surface area (Å²) < 4.78 is 11.4. The average molecular weight is 634 g/mol. The second kappa shape index (κ2) is 14.3. The zero-order valence-corrected chi connectivity index (χ0v) is 27.5. The Kier molecular flexibility index (Phi) is 10.4. The Balaban J connectivity index is 1.49. The van der Waals surface area contributed by atoms with Crippen molar-refractivity contribution in [3.63, 3.8) is 0 Å². The Morgan fingerprint density at radius 3 is 2.50 bits per heavy atom. The van der Waals surface area contributed by atoms with Gasteiger partial charge in [-0.25, -0.2) is 10.4 Å². The van der Waals surface area contributed by atoms with Crippen molar-refractivity contribution in [2.45, 2.75) is 91.0 Å². The van der Waals surface area contributed by atoms with Crippen molar-refractivity contribution < 1.29 is 28.7 Å². The van der Waals surface area contributed by atoms with Crippen LogP contribution in [0.3, 0.4) is 0 Å². The van der Waals surface area contributed by atoms with E-state index in [-0.39, 0.29) is 23.7 Å². The summed E-state index contributed by atoms with van der Waals surface area (Å²) in [5.74, 6) is -1.56. The van der Waals surface area contributed by atoms with Gasteiger partial charge in [-0.2, -0.15) is 0 Å². The third-order valence-corrected chi connectivity index (χ3v) is 9.22. The maximum atomic E-state index is 14.0. The molecule has 0 saturated carbocycles. The molecule has 0 aliphatic carbocycles. The minimum atomic E-state index is -0.941. The number of fused-ring (bicyclic) bond motifs is 4. The number of hydrogen-bond acceptors (Lipinski definition) is 8. The second-order valence-corrected chi connectivity index (χ2v) is 13.7. The van der Waals surface area contributed by atoms with Gasteiger partial charge in [-0.15, -0.1) is 0 Å². The van der Waals surface area contributed by atoms with Crippen LogP contribution in [0, 0.1) is 17.3 Å². The number of esters is 1. The highest BCUT2D eigenvalue weighted by Crippen LogP contribution is 2.26. The SMILES string of the molecule is CC(C)[C@@H]1NC(=O)C(C)(C)C=Cc2ccc3ccc(nc3c2)[C@@H](C)OC(=O)[C@@H]2CCCN(N2)C(=O)[C@@H](CC2CCOCC2)NC1=O. The van der Waals surface area contributed by atoms with Crippen molar-refractivity contribution in [3.05, 3.63) is 47.7 Å². The van der Waals surface area contributed by atoms with Crippen LogP contribution in [0.1, 0.15) is 84.1 Å². The van der Waals surface area contributed by atoms with Crippen LogP contribution in [-0.4, -0.2) is 71.6 Å². The molecule has 46 heavy (non-hydrogen) atoms. The van der Waals surface area contributed by atoms with Gasteiger partial charge in [-0.1, -0.05) is 44.2 Å². The van der Waals surface area contributed by atoms with E-state index in [2.05, 4.69) is 16.1 Å². The number of nitrogens with one attached hydrogen (secondary N) is 3. The number of cyclic esters (lactones) is 1. The summed E-state index contributed by atoms with van der Waals surface area (Å²) in [6.07, 6.45) is 6.16. The lowest BCUT2D eigenvalue weighted by Crippen LogP contribution is -2.62. The van der Waals surface area contributed by atoms with E-state index in [1.54, 1.807) is 20.8 Å². The second-order valence-electron chi connectivity index (χ2n) is 13.7. The van der Waals surface area contributed by atoms with Gasteiger partial charge in [-0.3, -0.25) is 24.2 Å². The third kappa shape index (κ3) is 7.93. The first kappa shape index (κ1) is 33.5. The number of aromatic nitrogens is 1. The highest BCUT2D eigenvalue weighted by Gasteiger charge is 2.37. The molecular formula is C35H47N5O6. The Labute approximate surface area is 270 Å². The molecule has 4 atom stereocenters. The van der Waals surface area contributed by atoms with Crippen LogP contribution in [0.25, 0.3) is 17.0 Å². The van der Waals surface area contributed by atoms with E-state index in [0.29, 0.717) is 44.7 Å². The summed E-state index contributed by atoms with van der Waals surface area (Å²) in [6.45, 7) is 10.7. The van der Waals surface area contributed by atoms with Crippen LogP contribution < -0.4 is 16.1 Å². The van der Waals surface area contributed by atoms with Gasteiger partial charge in [0.2, 0.25) is 11.8 Å². The zero-order valence-electron chi connectivity index (χ0n) is 27.5. The molecule has 2 aromatic rings. The lowest BCUT2D eigenvalue weighted by molar-refractivity contribution is -0.157. The maximum Gasteiger partial charge on any atom is 0.325 e. The molecule has 11 nitrogen and oxygen atoms in total. The zero-order chi connectivity index (χ0) is 33.0. The van der Waals surface area contributed by atoms with Crippen LogP contribution >= 0.6 is 0 Å². The number of hydrogen-bond donors (Lipinski definition) is 3. The summed E-state index contributed by atoms with van der Waals surface area (Å²) in [5, 5.41) is 8.32. The first-order chi connectivity index (χ1) is 21.9. The van der Waals surface area contributed by atoms with E-state index in [1.165, 1.54) is 5.01 Å². The molecule has 3 N–H and O–H groups in total. The number of amides is 3. The highest BCUT2D eigenvalue weighted by molar-refractivity contribution is 5.94. The quantitative estimate of drug-likeness (QED) is 0.434. The molecule has 3 aliphatic rings. The fourth-order valence-corrected chi connectivity index (χ4v) is 6.14. The van der Waals surface area contributed by atoms with Gasteiger partial charge in [0.25, 0.3) is 5.91 Å². The molecule has 0 spiro atoms. The molecule has 0 unspecified atom stereocenters. The van der Waals surface area contributed by atoms with Gasteiger partial charge < -0.3 is 20.1 Å². The standard InChI is InChI=1S/C35H47N5O6/c1-21(2)30-31(41)37-29(20-24-13-17-45-18-14-24)32(42)40-16-6-7-27(39-40)33(43)46-22(3)26-11-10-25-9-8-23(19-28(25)36-26)12-15-35(4,5)34(44)38-30/h8-12,15,19,21-22,24,27,29-30,39H,6-7,13-14,16-18,20H2,1-5H3,(H,37,41)(H,38,44)/t22-,27+,29-,30+/m1/s1. The molecule has 248 valence electrons. The molecule has 5 rings (SSSR count). The van der Waals surface area contributed by atoms with E-state index in [0.717, 1.165) is 29.3 Å². The molecule has 5 bridgehead atoms. The normalized spacial score (nSPS) is 27.0. The molecule has 2 saturated heterocycles. The minimum absolute atomic E-state index is 0.183. The number of carbonyl (C=O) groups is 4.